The van der Waals surface area contributed by atoms with Gasteiger partial charge in [-0.3, -0.25) is 4.79 Å². The number of methoxy groups -OCH3 is 4. The van der Waals surface area contributed by atoms with Crippen LogP contribution < -0.4 is 14.8 Å². The van der Waals surface area contributed by atoms with Crippen LogP contribution in [0.3, 0.4) is 0 Å². The van der Waals surface area contributed by atoms with E-state index in [0.717, 1.165) is 19.3 Å². The van der Waals surface area contributed by atoms with E-state index in [9.17, 15) is 27.6 Å². The molecule has 1 unspecified atom stereocenters. The second kappa shape index (κ2) is 21.1. The fourth-order valence-corrected chi connectivity index (χ4v) is 6.62. The molecule has 0 bridgehead atoms. The number of nitrogens with one attached hydrogen (secondary N) is 1. The summed E-state index contributed by atoms with van der Waals surface area (Å²) in [6.45, 7) is 3.43. The molecule has 288 valence electrons. The molecule has 0 aliphatic heterocycles. The summed E-state index contributed by atoms with van der Waals surface area (Å²) in [6.07, 6.45) is 2.73. The molecule has 0 fully saturated rings. The predicted octanol–water partition coefficient (Wildman–Crippen LogP) is 2.94. The molecule has 2 heterocycles. The minimum Gasteiger partial charge on any atom is -0.467 e. The summed E-state index contributed by atoms with van der Waals surface area (Å²) >= 11 is 0. The summed E-state index contributed by atoms with van der Waals surface area (Å²) in [4.78, 5) is 72.8. The average molecular weight is 791 g/mol. The molecule has 22 nitrogen and oxygen atoms in total. The Balaban J connectivity index is 0.000000314. The number of aryl methyl sites for hydroxylation is 2. The third-order valence-electron chi connectivity index (χ3n) is 6.10. The van der Waals surface area contributed by atoms with E-state index in [1.807, 2.05) is 0 Å². The average Bonchev–Trinajstić information content (AvgIpc) is 3.18. The molecule has 54 heavy (non-hydrogen) atoms. The number of isocyanates is 1. The zero-order valence-corrected chi connectivity index (χ0v) is 31.6. The zero-order chi connectivity index (χ0) is 40.3. The summed E-state index contributed by atoms with van der Waals surface area (Å²) in [6, 6.07) is 12.3. The number of ether oxygens (including phenoxy) is 4. The Hall–Kier alpha value is -6.49. The molecule has 0 saturated heterocycles. The number of nitrogens with zero attached hydrogens (tertiary/aromatic N) is 9. The van der Waals surface area contributed by atoms with E-state index in [1.165, 1.54) is 39.5 Å². The number of benzene rings is 2. The molecule has 0 spiro atoms. The molecule has 0 aliphatic rings. The first kappa shape index (κ1) is 43.7. The third kappa shape index (κ3) is 12.0. The van der Waals surface area contributed by atoms with Crippen molar-refractivity contribution in [3.05, 3.63) is 71.3 Å². The Kier molecular flexibility index (Phi) is 17.1. The maximum absolute atomic E-state index is 12.2. The van der Waals surface area contributed by atoms with Crippen LogP contribution >= 0.6 is 10.3 Å². The summed E-state index contributed by atoms with van der Waals surface area (Å²) in [5.74, 6) is 0.125. The lowest BCUT2D eigenvalue weighted by molar-refractivity contribution is -0.206. The van der Waals surface area contributed by atoms with Gasteiger partial charge >= 0.3 is 24.0 Å². The van der Waals surface area contributed by atoms with Crippen LogP contribution in [0.2, 0.25) is 0 Å². The quantitative estimate of drug-likeness (QED) is 0.0387. The molecule has 2 aromatic carbocycles. The first-order valence-corrected chi connectivity index (χ1v) is 18.0. The van der Waals surface area contributed by atoms with Gasteiger partial charge < -0.3 is 24.3 Å². The van der Waals surface area contributed by atoms with Gasteiger partial charge in [-0.05, 0) is 38.1 Å². The number of hydrogen-bond acceptors (Lipinski definition) is 20. The van der Waals surface area contributed by atoms with Crippen molar-refractivity contribution in [3.63, 3.8) is 0 Å². The monoisotopic (exact) mass is 790 g/mol. The van der Waals surface area contributed by atoms with Crippen molar-refractivity contribution in [3.8, 4) is 12.0 Å². The number of sulfonamides is 1. The number of esters is 2. The van der Waals surface area contributed by atoms with Gasteiger partial charge in [0.2, 0.25) is 11.1 Å². The van der Waals surface area contributed by atoms with E-state index in [2.05, 4.69) is 54.7 Å². The first-order chi connectivity index (χ1) is 25.7. The summed E-state index contributed by atoms with van der Waals surface area (Å²) in [7, 11) is 0.205. The molecular weight excluding hydrogens is 757 g/mol. The van der Waals surface area contributed by atoms with Crippen LogP contribution in [0.4, 0.5) is 5.95 Å². The fourth-order valence-electron chi connectivity index (χ4n) is 3.79. The largest absolute Gasteiger partial charge is 0.467 e. The Morgan fingerprint density at radius 2 is 1.30 bits per heavy atom. The number of carbonyl (C=O) groups is 3. The van der Waals surface area contributed by atoms with Gasteiger partial charge in [0.15, 0.2) is 0 Å². The lowest BCUT2D eigenvalue weighted by Gasteiger charge is -2.31. The SMILES string of the molecule is CNc1nc(C)nc(OC)n1.COC(=O)c1ccccc1S(=O)(=O)N=C=O.COC(=O)c1ccccc1S(C)(OON=NC=O)c1nc(C)nc(OC)n1. The zero-order valence-electron chi connectivity index (χ0n) is 29.9. The van der Waals surface area contributed by atoms with E-state index < -0.39 is 32.3 Å². The van der Waals surface area contributed by atoms with Crippen molar-refractivity contribution in [2.75, 3.05) is 47.1 Å². The van der Waals surface area contributed by atoms with Gasteiger partial charge in [-0.2, -0.15) is 38.3 Å². The predicted molar refractivity (Wildman–Crippen MR) is 186 cm³/mol. The van der Waals surface area contributed by atoms with Crippen molar-refractivity contribution in [1.29, 1.82) is 0 Å². The minimum atomic E-state index is -4.20. The van der Waals surface area contributed by atoms with Crippen molar-refractivity contribution in [2.24, 2.45) is 14.8 Å². The molecule has 0 radical (unpaired) electrons. The second-order valence-electron chi connectivity index (χ2n) is 9.52. The Morgan fingerprint density at radius 3 is 1.81 bits per heavy atom. The maximum Gasteiger partial charge on any atom is 0.339 e. The normalized spacial score (nSPS) is 12.1. The van der Waals surface area contributed by atoms with Crippen molar-refractivity contribution in [2.45, 2.75) is 28.8 Å². The van der Waals surface area contributed by atoms with Crippen LogP contribution in [-0.2, 0) is 38.4 Å². The fraction of sp³-hybridized carbons (Fsp3) is 0.267. The molecule has 4 aromatic rings. The van der Waals surface area contributed by atoms with Gasteiger partial charge in [-0.25, -0.2) is 19.4 Å². The van der Waals surface area contributed by atoms with Crippen molar-refractivity contribution < 1.29 is 55.9 Å². The van der Waals surface area contributed by atoms with Crippen LogP contribution in [0.1, 0.15) is 32.4 Å². The van der Waals surface area contributed by atoms with Crippen LogP contribution in [0.15, 0.2) is 78.3 Å². The van der Waals surface area contributed by atoms with Crippen LogP contribution in [0.25, 0.3) is 0 Å². The molecule has 2 aromatic heterocycles. The number of carbonyl (C=O) groups excluding carboxylic acids is 4. The highest BCUT2D eigenvalue weighted by atomic mass is 32.3. The molecule has 4 rings (SSSR count). The lowest BCUT2D eigenvalue weighted by Crippen LogP contribution is -2.15. The summed E-state index contributed by atoms with van der Waals surface area (Å²) in [5.41, 5.74) is 0.0504. The van der Waals surface area contributed by atoms with Gasteiger partial charge in [0.05, 0.1) is 44.8 Å². The Labute approximate surface area is 309 Å². The standard InChI is InChI=1S/C15H17N5O6S.C9H7NO5S.C6H10N4O/c1-10-17-14(24-3)19-15(18-10)27(4,26-25-20-16-9-21)12-8-6-5-7-11(12)13(22)23-2;1-15-9(12)7-4-2-3-5-8(7)16(13,14)10-6-11;1-4-8-5(7-2)10-6(9-4)11-3/h5-9H,1-4H3;2-5H,1H3;1-3H3,(H,7,8,9,10). The van der Waals surface area contributed by atoms with E-state index in [-0.39, 0.29) is 33.6 Å². The molecule has 1 N–H and O–H groups in total. The van der Waals surface area contributed by atoms with E-state index >= 15 is 0 Å². The highest BCUT2D eigenvalue weighted by Crippen LogP contribution is 2.60. The van der Waals surface area contributed by atoms with Crippen molar-refractivity contribution >= 4 is 50.7 Å². The molecule has 0 saturated carbocycles. The van der Waals surface area contributed by atoms with E-state index in [4.69, 9.17) is 23.5 Å². The topological polar surface area (TPSA) is 284 Å². The maximum atomic E-state index is 12.2. The first-order valence-electron chi connectivity index (χ1n) is 14.6. The molecule has 1 amide bonds. The van der Waals surface area contributed by atoms with Crippen molar-refractivity contribution in [1.82, 2.24) is 29.9 Å². The van der Waals surface area contributed by atoms with Gasteiger partial charge in [-0.1, -0.05) is 38.1 Å². The Bertz CT molecular complexity index is 2100. The third-order valence-corrected chi connectivity index (χ3v) is 9.74. The van der Waals surface area contributed by atoms with E-state index in [0.29, 0.717) is 28.5 Å². The van der Waals surface area contributed by atoms with Gasteiger partial charge in [0, 0.05) is 28.5 Å². The minimum absolute atomic E-state index is 0.0601. The van der Waals surface area contributed by atoms with Crippen LogP contribution in [0.5, 0.6) is 12.0 Å². The number of hydrogen-bond donors (Lipinski definition) is 1. The van der Waals surface area contributed by atoms with Gasteiger partial charge in [-0.15, -0.1) is 0 Å². The number of rotatable bonds is 13. The second-order valence-corrected chi connectivity index (χ2v) is 13.7. The number of amides is 1. The molecular formula is C30H34N10O12S2. The van der Waals surface area contributed by atoms with E-state index in [1.54, 1.807) is 51.4 Å². The smallest absolute Gasteiger partial charge is 0.339 e. The summed E-state index contributed by atoms with van der Waals surface area (Å²) in [5, 5.41) is 9.11. The van der Waals surface area contributed by atoms with Crippen LogP contribution in [-0.4, -0.2) is 104 Å². The molecule has 24 heteroatoms. The molecule has 0 aliphatic carbocycles. The van der Waals surface area contributed by atoms with Crippen LogP contribution in [0, 0.1) is 13.8 Å². The number of aromatic nitrogens is 6. The summed E-state index contributed by atoms with van der Waals surface area (Å²) < 4.78 is 50.1. The number of anilines is 1. The lowest BCUT2D eigenvalue weighted by atomic mass is 10.2. The Morgan fingerprint density at radius 1 is 0.778 bits per heavy atom. The highest BCUT2D eigenvalue weighted by molar-refractivity contribution is 8.29. The van der Waals surface area contributed by atoms with Gasteiger partial charge in [0.1, 0.15) is 16.5 Å². The highest BCUT2D eigenvalue weighted by Gasteiger charge is 2.35. The molecule has 1 atom stereocenters. The van der Waals surface area contributed by atoms with Gasteiger partial charge in [0.25, 0.3) is 22.5 Å².